The standard InChI is InChI=1S/C62H46N4/c1-59(2)53-51-49(43-31-17-19-33-45(43)57(53)65(39-23-9-5-10-24-39)40-25-11-6-12-26-40)55-47(35-21-37-63-55)61(51,59)62-48-36-22-38-64-56(48)50-44-32-18-20-34-46(44)58(54(52(50)62)60(62,3)4)66(41-27-13-7-14-28-41)42-29-15-8-16-30-42/h5-38H,1-4H3. The zero-order valence-electron chi connectivity index (χ0n) is 37.4. The molecule has 14 rings (SSSR count). The predicted molar refractivity (Wildman–Crippen MR) is 271 cm³/mol. The zero-order chi connectivity index (χ0) is 44.2. The van der Waals surface area contributed by atoms with E-state index in [0.717, 1.165) is 34.1 Å². The summed E-state index contributed by atoms with van der Waals surface area (Å²) in [7, 11) is 0. The van der Waals surface area contributed by atoms with Crippen molar-refractivity contribution >= 4 is 55.7 Å². The van der Waals surface area contributed by atoms with Crippen LogP contribution in [0.5, 0.6) is 0 Å². The van der Waals surface area contributed by atoms with Gasteiger partial charge in [0.05, 0.1) is 22.8 Å². The number of hydrogen-bond acceptors (Lipinski definition) is 4. The van der Waals surface area contributed by atoms with Crippen molar-refractivity contribution in [3.8, 4) is 22.5 Å². The Labute approximate surface area is 385 Å². The third kappa shape index (κ3) is 4.14. The minimum Gasteiger partial charge on any atom is -0.310 e. The molecule has 0 amide bonds. The van der Waals surface area contributed by atoms with E-state index < -0.39 is 21.7 Å². The van der Waals surface area contributed by atoms with Crippen LogP contribution in [0, 0.1) is 0 Å². The number of anilines is 6. The molecule has 4 aliphatic rings. The molecular formula is C62H46N4. The van der Waals surface area contributed by atoms with Crippen LogP contribution >= 0.6 is 0 Å². The highest BCUT2D eigenvalue weighted by Gasteiger charge is 2.83. The first-order valence-electron chi connectivity index (χ1n) is 23.3. The number of pyridine rings is 2. The zero-order valence-corrected chi connectivity index (χ0v) is 37.4. The van der Waals surface area contributed by atoms with Crippen LogP contribution in [-0.2, 0) is 21.7 Å². The lowest BCUT2D eigenvalue weighted by Gasteiger charge is -2.73. The van der Waals surface area contributed by atoms with E-state index >= 15 is 0 Å². The van der Waals surface area contributed by atoms with Gasteiger partial charge in [0.15, 0.2) is 0 Å². The van der Waals surface area contributed by atoms with Gasteiger partial charge < -0.3 is 9.80 Å². The highest BCUT2D eigenvalue weighted by atomic mass is 15.2. The van der Waals surface area contributed by atoms with Gasteiger partial charge in [-0.2, -0.15) is 0 Å². The lowest BCUT2D eigenvalue weighted by atomic mass is 9.27. The lowest BCUT2D eigenvalue weighted by Crippen LogP contribution is -2.75. The first-order valence-corrected chi connectivity index (χ1v) is 23.3. The van der Waals surface area contributed by atoms with E-state index in [1.165, 1.54) is 77.4 Å². The van der Waals surface area contributed by atoms with Gasteiger partial charge in [-0.05, 0) is 105 Å². The molecule has 10 aromatic rings. The van der Waals surface area contributed by atoms with Gasteiger partial charge in [-0.15, -0.1) is 0 Å². The second-order valence-electron chi connectivity index (χ2n) is 19.6. The maximum Gasteiger partial charge on any atom is 0.0753 e. The second-order valence-corrected chi connectivity index (χ2v) is 19.6. The number of benzene rings is 8. The molecular weight excluding hydrogens is 801 g/mol. The van der Waals surface area contributed by atoms with E-state index in [9.17, 15) is 0 Å². The van der Waals surface area contributed by atoms with E-state index in [1.807, 2.05) is 12.4 Å². The first kappa shape index (κ1) is 37.5. The van der Waals surface area contributed by atoms with Gasteiger partial charge in [-0.1, -0.05) is 161 Å². The fourth-order valence-corrected chi connectivity index (χ4v) is 14.2. The van der Waals surface area contributed by atoms with E-state index in [4.69, 9.17) is 9.97 Å². The smallest absolute Gasteiger partial charge is 0.0753 e. The molecule has 2 aromatic heterocycles. The molecule has 66 heavy (non-hydrogen) atoms. The van der Waals surface area contributed by atoms with Crippen LogP contribution in [0.4, 0.5) is 34.1 Å². The summed E-state index contributed by atoms with van der Waals surface area (Å²) < 4.78 is 0. The van der Waals surface area contributed by atoms with Crippen molar-refractivity contribution in [2.75, 3.05) is 9.80 Å². The minimum absolute atomic E-state index is 0.430. The Morgan fingerprint density at radius 1 is 0.318 bits per heavy atom. The first-order chi connectivity index (χ1) is 32.3. The van der Waals surface area contributed by atoms with Crippen LogP contribution in [0.15, 0.2) is 207 Å². The van der Waals surface area contributed by atoms with E-state index in [1.54, 1.807) is 0 Å². The molecule has 0 fully saturated rings. The molecule has 0 bridgehead atoms. The highest BCUT2D eigenvalue weighted by Crippen LogP contribution is 2.86. The molecule has 4 aliphatic carbocycles. The summed E-state index contributed by atoms with van der Waals surface area (Å²) in [6, 6.07) is 71.2. The highest BCUT2D eigenvalue weighted by molar-refractivity contribution is 6.18. The van der Waals surface area contributed by atoms with Crippen LogP contribution in [-0.4, -0.2) is 9.97 Å². The molecule has 0 radical (unpaired) electrons. The lowest BCUT2D eigenvalue weighted by molar-refractivity contribution is 0.0685. The summed E-state index contributed by atoms with van der Waals surface area (Å²) in [5.74, 6) is 0. The van der Waals surface area contributed by atoms with Crippen LogP contribution in [0.25, 0.3) is 44.1 Å². The molecule has 4 nitrogen and oxygen atoms in total. The van der Waals surface area contributed by atoms with Gasteiger partial charge in [-0.25, -0.2) is 0 Å². The summed E-state index contributed by atoms with van der Waals surface area (Å²) in [5.41, 5.74) is 18.0. The fourth-order valence-electron chi connectivity index (χ4n) is 14.2. The van der Waals surface area contributed by atoms with Gasteiger partial charge >= 0.3 is 0 Å². The fraction of sp³-hybridized carbons (Fsp3) is 0.129. The van der Waals surface area contributed by atoms with Gasteiger partial charge in [0, 0.05) is 78.7 Å². The van der Waals surface area contributed by atoms with E-state index in [0.29, 0.717) is 0 Å². The Hall–Kier alpha value is -7.82. The van der Waals surface area contributed by atoms with Crippen molar-refractivity contribution in [2.24, 2.45) is 0 Å². The van der Waals surface area contributed by atoms with Crippen molar-refractivity contribution in [3.05, 3.63) is 240 Å². The summed E-state index contributed by atoms with van der Waals surface area (Å²) >= 11 is 0. The third-order valence-corrected chi connectivity index (χ3v) is 16.2. The van der Waals surface area contributed by atoms with Crippen LogP contribution < -0.4 is 9.80 Å². The molecule has 0 spiro atoms. The predicted octanol–water partition coefficient (Wildman–Crippen LogP) is 15.5. The average molecular weight is 847 g/mol. The topological polar surface area (TPSA) is 32.3 Å². The van der Waals surface area contributed by atoms with Crippen LogP contribution in [0.3, 0.4) is 0 Å². The molecule has 8 aromatic carbocycles. The van der Waals surface area contributed by atoms with Crippen molar-refractivity contribution < 1.29 is 0 Å². The number of para-hydroxylation sites is 4. The van der Waals surface area contributed by atoms with Gasteiger partial charge in [0.1, 0.15) is 0 Å². The Morgan fingerprint density at radius 2 is 0.621 bits per heavy atom. The summed E-state index contributed by atoms with van der Waals surface area (Å²) in [6.45, 7) is 10.2. The maximum absolute atomic E-state index is 5.46. The van der Waals surface area contributed by atoms with Gasteiger partial charge in [-0.3, -0.25) is 9.97 Å². The Balaban J connectivity index is 1.18. The Kier molecular flexibility index (Phi) is 7.35. The molecule has 2 unspecified atom stereocenters. The Bertz CT molecular complexity index is 3330. The van der Waals surface area contributed by atoms with Crippen molar-refractivity contribution in [3.63, 3.8) is 0 Å². The number of nitrogens with zero attached hydrogens (tertiary/aromatic N) is 4. The molecule has 2 atom stereocenters. The van der Waals surface area contributed by atoms with Crippen molar-refractivity contribution in [1.82, 2.24) is 9.97 Å². The molecule has 2 heterocycles. The van der Waals surface area contributed by atoms with E-state index in [-0.39, 0.29) is 0 Å². The number of hydrogen-bond donors (Lipinski definition) is 0. The monoisotopic (exact) mass is 846 g/mol. The van der Waals surface area contributed by atoms with Crippen LogP contribution in [0.1, 0.15) is 61.1 Å². The molecule has 0 N–H and O–H groups in total. The summed E-state index contributed by atoms with van der Waals surface area (Å²) in [4.78, 5) is 16.0. The number of rotatable bonds is 7. The Morgan fingerprint density at radius 3 is 0.955 bits per heavy atom. The SMILES string of the molecule is CC1(C)c2c3c(c4ccccc4c2N(c2ccccc2)c2ccccc2)-c2ncccc2C31C12c3cccnc3-c3c1c(c(N(c1ccccc1)c1ccccc1)c1ccccc31)C2(C)C. The van der Waals surface area contributed by atoms with Crippen molar-refractivity contribution in [1.29, 1.82) is 0 Å². The minimum atomic E-state index is -0.546. The maximum atomic E-state index is 5.46. The second kappa shape index (κ2) is 12.9. The third-order valence-electron chi connectivity index (χ3n) is 16.2. The largest absolute Gasteiger partial charge is 0.310 e. The van der Waals surface area contributed by atoms with E-state index in [2.05, 4.69) is 232 Å². The molecule has 0 saturated heterocycles. The van der Waals surface area contributed by atoms with Gasteiger partial charge in [0.2, 0.25) is 0 Å². The number of aromatic nitrogens is 2. The quantitative estimate of drug-likeness (QED) is 0.160. The number of fused-ring (bicyclic) bond motifs is 11. The summed E-state index contributed by atoms with van der Waals surface area (Å²) in [6.07, 6.45) is 4.02. The molecule has 4 heteroatoms. The van der Waals surface area contributed by atoms with Crippen LogP contribution in [0.2, 0.25) is 0 Å². The molecule has 0 saturated carbocycles. The molecule has 0 aliphatic heterocycles. The normalized spacial score (nSPS) is 19.3. The summed E-state index contributed by atoms with van der Waals surface area (Å²) in [5, 5.41) is 4.93. The molecule has 314 valence electrons. The average Bonchev–Trinajstić information content (AvgIpc) is 3.82. The van der Waals surface area contributed by atoms with Crippen molar-refractivity contribution in [2.45, 2.75) is 49.4 Å². The van der Waals surface area contributed by atoms with Gasteiger partial charge in [0.25, 0.3) is 0 Å².